The molecular formula is C10H14N2O3. The van der Waals surface area contributed by atoms with Crippen LogP contribution in [0.25, 0.3) is 0 Å². The van der Waals surface area contributed by atoms with Crippen molar-refractivity contribution in [1.29, 1.82) is 0 Å². The molecule has 0 fully saturated rings. The average molecular weight is 210 g/mol. The number of aromatic nitrogens is 2. The smallest absolute Gasteiger partial charge is 0.354 e. The van der Waals surface area contributed by atoms with Crippen LogP contribution in [0.5, 0.6) is 0 Å². The lowest BCUT2D eigenvalue weighted by Gasteiger charge is -2.13. The summed E-state index contributed by atoms with van der Waals surface area (Å²) in [5, 5.41) is 8.76. The minimum absolute atomic E-state index is 0.00171. The Balaban J connectivity index is 2.92. The molecule has 0 bridgehead atoms. The van der Waals surface area contributed by atoms with Crippen molar-refractivity contribution in [3.8, 4) is 0 Å². The first-order valence-corrected chi connectivity index (χ1v) is 4.86. The van der Waals surface area contributed by atoms with Crippen LogP contribution in [0.15, 0.2) is 12.3 Å². The molecule has 0 aliphatic heterocycles. The van der Waals surface area contributed by atoms with E-state index in [4.69, 9.17) is 9.84 Å². The van der Waals surface area contributed by atoms with E-state index in [-0.39, 0.29) is 11.8 Å². The number of aromatic carboxylic acids is 1. The van der Waals surface area contributed by atoms with Crippen LogP contribution < -0.4 is 0 Å². The molecule has 1 atom stereocenters. The molecule has 0 aromatic carbocycles. The lowest BCUT2D eigenvalue weighted by Crippen LogP contribution is -2.11. The third-order valence-electron chi connectivity index (χ3n) is 1.92. The third-order valence-corrected chi connectivity index (χ3v) is 1.92. The second kappa shape index (κ2) is 5.41. The maximum Gasteiger partial charge on any atom is 0.354 e. The van der Waals surface area contributed by atoms with E-state index in [1.54, 1.807) is 0 Å². The van der Waals surface area contributed by atoms with E-state index in [0.29, 0.717) is 12.4 Å². The second-order valence-corrected chi connectivity index (χ2v) is 2.96. The number of nitrogens with zero attached hydrogens (tertiary/aromatic N) is 2. The fourth-order valence-electron chi connectivity index (χ4n) is 1.22. The Morgan fingerprint density at radius 1 is 1.60 bits per heavy atom. The van der Waals surface area contributed by atoms with Crippen molar-refractivity contribution in [2.24, 2.45) is 0 Å². The van der Waals surface area contributed by atoms with Crippen molar-refractivity contribution < 1.29 is 14.6 Å². The molecule has 1 unspecified atom stereocenters. The van der Waals surface area contributed by atoms with Crippen LogP contribution in [0.1, 0.15) is 42.7 Å². The lowest BCUT2D eigenvalue weighted by atomic mass is 10.2. The quantitative estimate of drug-likeness (QED) is 0.800. The van der Waals surface area contributed by atoms with Gasteiger partial charge in [0.25, 0.3) is 0 Å². The molecule has 0 aliphatic carbocycles. The molecular weight excluding hydrogens is 196 g/mol. The van der Waals surface area contributed by atoms with Crippen molar-refractivity contribution in [1.82, 2.24) is 9.97 Å². The Kier molecular flexibility index (Phi) is 4.17. The molecule has 0 saturated heterocycles. The number of carbonyl (C=O) groups is 1. The van der Waals surface area contributed by atoms with Crippen molar-refractivity contribution in [2.75, 3.05) is 6.61 Å². The molecule has 1 heterocycles. The van der Waals surface area contributed by atoms with Crippen LogP contribution in [0.2, 0.25) is 0 Å². The average Bonchev–Trinajstić information content (AvgIpc) is 2.26. The van der Waals surface area contributed by atoms with Gasteiger partial charge in [0.15, 0.2) is 11.5 Å². The van der Waals surface area contributed by atoms with Gasteiger partial charge in [-0.05, 0) is 19.4 Å². The molecule has 0 aliphatic rings. The molecule has 5 heteroatoms. The molecule has 0 radical (unpaired) electrons. The number of ether oxygens (including phenoxy) is 1. The minimum Gasteiger partial charge on any atom is -0.477 e. The highest BCUT2D eigenvalue weighted by Gasteiger charge is 2.14. The second-order valence-electron chi connectivity index (χ2n) is 2.96. The molecule has 0 spiro atoms. The van der Waals surface area contributed by atoms with Gasteiger partial charge >= 0.3 is 5.97 Å². The molecule has 0 saturated carbocycles. The van der Waals surface area contributed by atoms with Gasteiger partial charge in [-0.2, -0.15) is 0 Å². The van der Waals surface area contributed by atoms with Gasteiger partial charge in [-0.1, -0.05) is 6.92 Å². The summed E-state index contributed by atoms with van der Waals surface area (Å²) in [6.45, 7) is 4.38. The third kappa shape index (κ3) is 2.99. The highest BCUT2D eigenvalue weighted by molar-refractivity contribution is 5.85. The number of carboxylic acid groups (broad SMARTS) is 1. The standard InChI is InChI=1S/C10H14N2O3/c1-3-8(15-4-2)9-11-6-5-7(12-9)10(13)14/h5-6,8H,3-4H2,1-2H3,(H,13,14). The molecule has 0 amide bonds. The van der Waals surface area contributed by atoms with Gasteiger partial charge in [-0.3, -0.25) is 0 Å². The first-order chi connectivity index (χ1) is 7.19. The van der Waals surface area contributed by atoms with Gasteiger partial charge in [0.1, 0.15) is 6.10 Å². The maximum atomic E-state index is 10.7. The molecule has 1 N–H and O–H groups in total. The summed E-state index contributed by atoms with van der Waals surface area (Å²) in [5.41, 5.74) is -0.00171. The van der Waals surface area contributed by atoms with Crippen LogP contribution >= 0.6 is 0 Å². The topological polar surface area (TPSA) is 72.3 Å². The van der Waals surface area contributed by atoms with Crippen LogP contribution in [-0.4, -0.2) is 27.7 Å². The predicted octanol–water partition coefficient (Wildman–Crippen LogP) is 1.66. The van der Waals surface area contributed by atoms with Gasteiger partial charge in [0.2, 0.25) is 0 Å². The SMILES string of the molecule is CCOC(CC)c1nccc(C(=O)O)n1. The van der Waals surface area contributed by atoms with Crippen LogP contribution in [0.3, 0.4) is 0 Å². The fraction of sp³-hybridized carbons (Fsp3) is 0.500. The summed E-state index contributed by atoms with van der Waals surface area (Å²) < 4.78 is 5.39. The van der Waals surface area contributed by atoms with Crippen molar-refractivity contribution in [3.63, 3.8) is 0 Å². The van der Waals surface area contributed by atoms with E-state index in [2.05, 4.69) is 9.97 Å². The largest absolute Gasteiger partial charge is 0.477 e. The van der Waals surface area contributed by atoms with Crippen molar-refractivity contribution >= 4 is 5.97 Å². The maximum absolute atomic E-state index is 10.7. The zero-order valence-corrected chi connectivity index (χ0v) is 8.80. The number of hydrogen-bond acceptors (Lipinski definition) is 4. The molecule has 1 aromatic rings. The van der Waals surface area contributed by atoms with E-state index in [1.165, 1.54) is 12.3 Å². The van der Waals surface area contributed by atoms with Gasteiger partial charge < -0.3 is 9.84 Å². The monoisotopic (exact) mass is 210 g/mol. The van der Waals surface area contributed by atoms with Crippen molar-refractivity contribution in [2.45, 2.75) is 26.4 Å². The molecule has 1 rings (SSSR count). The Morgan fingerprint density at radius 3 is 2.87 bits per heavy atom. The molecule has 82 valence electrons. The van der Waals surface area contributed by atoms with Gasteiger partial charge in [-0.15, -0.1) is 0 Å². The van der Waals surface area contributed by atoms with Crippen LogP contribution in [0.4, 0.5) is 0 Å². The highest BCUT2D eigenvalue weighted by atomic mass is 16.5. The van der Waals surface area contributed by atoms with Gasteiger partial charge in [0.05, 0.1) is 0 Å². The summed E-state index contributed by atoms with van der Waals surface area (Å²) >= 11 is 0. The van der Waals surface area contributed by atoms with E-state index >= 15 is 0 Å². The van der Waals surface area contributed by atoms with E-state index < -0.39 is 5.97 Å². The minimum atomic E-state index is -1.05. The summed E-state index contributed by atoms with van der Waals surface area (Å²) in [4.78, 5) is 18.6. The number of hydrogen-bond donors (Lipinski definition) is 1. The Hall–Kier alpha value is -1.49. The van der Waals surface area contributed by atoms with Crippen molar-refractivity contribution in [3.05, 3.63) is 23.8 Å². The molecule has 5 nitrogen and oxygen atoms in total. The van der Waals surface area contributed by atoms with E-state index in [0.717, 1.165) is 6.42 Å². The molecule has 15 heavy (non-hydrogen) atoms. The number of carboxylic acids is 1. The van der Waals surface area contributed by atoms with Crippen LogP contribution in [0, 0.1) is 0 Å². The van der Waals surface area contributed by atoms with Crippen LogP contribution in [-0.2, 0) is 4.74 Å². The van der Waals surface area contributed by atoms with Gasteiger partial charge in [0, 0.05) is 12.8 Å². The zero-order valence-electron chi connectivity index (χ0n) is 8.80. The Labute approximate surface area is 88.1 Å². The predicted molar refractivity (Wildman–Crippen MR) is 53.6 cm³/mol. The summed E-state index contributed by atoms with van der Waals surface area (Å²) in [5.74, 6) is -0.621. The highest BCUT2D eigenvalue weighted by Crippen LogP contribution is 2.16. The zero-order chi connectivity index (χ0) is 11.3. The van der Waals surface area contributed by atoms with E-state index in [9.17, 15) is 4.79 Å². The first-order valence-electron chi connectivity index (χ1n) is 4.86. The molecule has 1 aromatic heterocycles. The summed E-state index contributed by atoms with van der Waals surface area (Å²) in [6.07, 6.45) is 1.93. The number of rotatable bonds is 5. The Morgan fingerprint density at radius 2 is 2.33 bits per heavy atom. The summed E-state index contributed by atoms with van der Waals surface area (Å²) in [7, 11) is 0. The first kappa shape index (κ1) is 11.6. The lowest BCUT2D eigenvalue weighted by molar-refractivity contribution is 0.0527. The normalized spacial score (nSPS) is 12.4. The van der Waals surface area contributed by atoms with Gasteiger partial charge in [-0.25, -0.2) is 14.8 Å². The fourth-order valence-corrected chi connectivity index (χ4v) is 1.22. The Bertz CT molecular complexity index is 341. The summed E-state index contributed by atoms with van der Waals surface area (Å²) in [6, 6.07) is 1.37. The van der Waals surface area contributed by atoms with E-state index in [1.807, 2.05) is 13.8 Å².